The van der Waals surface area contributed by atoms with E-state index in [1.807, 2.05) is 73.7 Å². The summed E-state index contributed by atoms with van der Waals surface area (Å²) in [6, 6.07) is 21.1. The number of piperidine rings is 1. The summed E-state index contributed by atoms with van der Waals surface area (Å²) in [5, 5.41) is 6.19. The molecule has 0 unspecified atom stereocenters. The number of nitrogens with one attached hydrogen (secondary N) is 2. The summed E-state index contributed by atoms with van der Waals surface area (Å²) in [5.41, 5.74) is 4.28. The molecule has 5 rings (SSSR count). The predicted octanol–water partition coefficient (Wildman–Crippen LogP) is 4.05. The molecule has 3 aromatic carbocycles. The van der Waals surface area contributed by atoms with Crippen molar-refractivity contribution in [2.24, 2.45) is 0 Å². The lowest BCUT2D eigenvalue weighted by Crippen LogP contribution is -2.45. The van der Waals surface area contributed by atoms with Gasteiger partial charge >= 0.3 is 0 Å². The zero-order valence-corrected chi connectivity index (χ0v) is 19.8. The van der Waals surface area contributed by atoms with Crippen LogP contribution >= 0.6 is 0 Å². The van der Waals surface area contributed by atoms with E-state index < -0.39 is 0 Å². The zero-order valence-electron chi connectivity index (χ0n) is 19.8. The lowest BCUT2D eigenvalue weighted by atomic mass is 10.0. The van der Waals surface area contributed by atoms with E-state index in [-0.39, 0.29) is 24.6 Å². The predicted molar refractivity (Wildman–Crippen MR) is 134 cm³/mol. The molecule has 2 N–H and O–H groups in total. The highest BCUT2D eigenvalue weighted by atomic mass is 16.7. The molecule has 0 spiro atoms. The van der Waals surface area contributed by atoms with Gasteiger partial charge in [0.05, 0.1) is 5.56 Å². The maximum atomic E-state index is 13.1. The molecule has 0 atom stereocenters. The molecule has 0 aliphatic carbocycles. The van der Waals surface area contributed by atoms with Crippen LogP contribution < -0.4 is 25.0 Å². The Morgan fingerprint density at radius 3 is 2.54 bits per heavy atom. The molecule has 3 aromatic rings. The van der Waals surface area contributed by atoms with E-state index in [1.165, 1.54) is 0 Å². The summed E-state index contributed by atoms with van der Waals surface area (Å²) in [4.78, 5) is 27.9. The third kappa shape index (κ3) is 5.24. The molecule has 0 radical (unpaired) electrons. The number of rotatable bonds is 6. The molecule has 2 heterocycles. The van der Waals surface area contributed by atoms with E-state index in [0.29, 0.717) is 23.4 Å². The van der Waals surface area contributed by atoms with Gasteiger partial charge in [-0.2, -0.15) is 0 Å². The minimum atomic E-state index is -0.117. The minimum Gasteiger partial charge on any atom is -0.454 e. The Balaban J connectivity index is 1.18. The molecule has 0 saturated carbocycles. The first-order chi connectivity index (χ1) is 17.1. The largest absolute Gasteiger partial charge is 0.454 e. The SMILES string of the molecule is Cc1cccc(C(=O)NC2CCN(c3ccccc3C(=O)NCc3ccc4c(c3)OCO4)CC2)c1. The van der Waals surface area contributed by atoms with E-state index in [4.69, 9.17) is 9.47 Å². The normalized spacial score (nSPS) is 15.1. The summed E-state index contributed by atoms with van der Waals surface area (Å²) >= 11 is 0. The van der Waals surface area contributed by atoms with Gasteiger partial charge in [0.1, 0.15) is 0 Å². The molecule has 180 valence electrons. The standard InChI is InChI=1S/C28H29N3O4/c1-19-5-4-6-21(15-19)27(32)30-22-11-13-31(14-12-22)24-8-3-2-7-23(24)28(33)29-17-20-9-10-25-26(16-20)35-18-34-25/h2-10,15-16,22H,11-14,17-18H2,1H3,(H,29,33)(H,30,32). The maximum absolute atomic E-state index is 13.1. The first kappa shape index (κ1) is 22.8. The van der Waals surface area contributed by atoms with Crippen LogP contribution in [0.3, 0.4) is 0 Å². The Bertz CT molecular complexity index is 1230. The van der Waals surface area contributed by atoms with Crippen molar-refractivity contribution in [3.05, 3.63) is 89.0 Å². The molecular formula is C28H29N3O4. The van der Waals surface area contributed by atoms with Crippen LogP contribution in [0.25, 0.3) is 0 Å². The fourth-order valence-corrected chi connectivity index (χ4v) is 4.59. The van der Waals surface area contributed by atoms with Gasteiger partial charge in [-0.05, 0) is 61.7 Å². The minimum absolute atomic E-state index is 0.0320. The van der Waals surface area contributed by atoms with Crippen LogP contribution in [0.1, 0.15) is 44.7 Å². The molecule has 2 aliphatic heterocycles. The summed E-state index contributed by atoms with van der Waals surface area (Å²) < 4.78 is 10.8. The van der Waals surface area contributed by atoms with Crippen LogP contribution in [0.15, 0.2) is 66.7 Å². The lowest BCUT2D eigenvalue weighted by molar-refractivity contribution is 0.0929. The van der Waals surface area contributed by atoms with Crippen molar-refractivity contribution in [3.8, 4) is 11.5 Å². The van der Waals surface area contributed by atoms with Crippen LogP contribution in [0.4, 0.5) is 5.69 Å². The van der Waals surface area contributed by atoms with Crippen molar-refractivity contribution in [3.63, 3.8) is 0 Å². The molecule has 2 aliphatic rings. The van der Waals surface area contributed by atoms with Gasteiger partial charge in [0, 0.05) is 36.9 Å². The smallest absolute Gasteiger partial charge is 0.253 e. The second-order valence-electron chi connectivity index (χ2n) is 8.99. The number of carbonyl (C=O) groups excluding carboxylic acids is 2. The summed E-state index contributed by atoms with van der Waals surface area (Å²) in [6.45, 7) is 4.15. The second-order valence-corrected chi connectivity index (χ2v) is 8.99. The summed E-state index contributed by atoms with van der Waals surface area (Å²) in [6.07, 6.45) is 1.65. The average Bonchev–Trinajstić information content (AvgIpc) is 3.36. The van der Waals surface area contributed by atoms with E-state index >= 15 is 0 Å². The van der Waals surface area contributed by atoms with Crippen molar-refractivity contribution in [1.29, 1.82) is 0 Å². The molecule has 35 heavy (non-hydrogen) atoms. The quantitative estimate of drug-likeness (QED) is 0.567. The maximum Gasteiger partial charge on any atom is 0.253 e. The van der Waals surface area contributed by atoms with E-state index in [9.17, 15) is 9.59 Å². The fraction of sp³-hybridized carbons (Fsp3) is 0.286. The Kier molecular flexibility index (Phi) is 6.57. The first-order valence-corrected chi connectivity index (χ1v) is 11.9. The van der Waals surface area contributed by atoms with Crippen molar-refractivity contribution in [1.82, 2.24) is 10.6 Å². The van der Waals surface area contributed by atoms with Crippen LogP contribution in [0.5, 0.6) is 11.5 Å². The highest BCUT2D eigenvalue weighted by Crippen LogP contribution is 2.32. The monoisotopic (exact) mass is 471 g/mol. The van der Waals surface area contributed by atoms with Gasteiger partial charge < -0.3 is 25.0 Å². The number of amides is 2. The number of nitrogens with zero attached hydrogens (tertiary/aromatic N) is 1. The Morgan fingerprint density at radius 1 is 0.914 bits per heavy atom. The third-order valence-electron chi connectivity index (χ3n) is 6.49. The summed E-state index contributed by atoms with van der Waals surface area (Å²) in [7, 11) is 0. The topological polar surface area (TPSA) is 79.9 Å². The summed E-state index contributed by atoms with van der Waals surface area (Å²) in [5.74, 6) is 1.28. The van der Waals surface area contributed by atoms with Gasteiger partial charge in [0.15, 0.2) is 11.5 Å². The van der Waals surface area contributed by atoms with Crippen molar-refractivity contribution in [2.75, 3.05) is 24.8 Å². The molecule has 2 amide bonds. The average molecular weight is 472 g/mol. The van der Waals surface area contributed by atoms with Gasteiger partial charge in [-0.3, -0.25) is 9.59 Å². The van der Waals surface area contributed by atoms with Crippen LogP contribution in [-0.2, 0) is 6.54 Å². The number of carbonyl (C=O) groups is 2. The fourth-order valence-electron chi connectivity index (χ4n) is 4.59. The molecule has 0 aromatic heterocycles. The number of fused-ring (bicyclic) bond motifs is 1. The lowest BCUT2D eigenvalue weighted by Gasteiger charge is -2.35. The van der Waals surface area contributed by atoms with E-state index in [2.05, 4.69) is 15.5 Å². The molecule has 0 bridgehead atoms. The van der Waals surface area contributed by atoms with Gasteiger partial charge in [-0.1, -0.05) is 35.9 Å². The molecule has 7 heteroatoms. The Hall–Kier alpha value is -4.00. The van der Waals surface area contributed by atoms with Gasteiger partial charge in [-0.15, -0.1) is 0 Å². The van der Waals surface area contributed by atoms with Crippen molar-refractivity contribution >= 4 is 17.5 Å². The molecule has 7 nitrogen and oxygen atoms in total. The van der Waals surface area contributed by atoms with Gasteiger partial charge in [-0.25, -0.2) is 0 Å². The van der Waals surface area contributed by atoms with E-state index in [0.717, 1.165) is 48.5 Å². The molecule has 1 saturated heterocycles. The number of ether oxygens (including phenoxy) is 2. The van der Waals surface area contributed by atoms with Crippen molar-refractivity contribution in [2.45, 2.75) is 32.4 Å². The van der Waals surface area contributed by atoms with Crippen LogP contribution in [0.2, 0.25) is 0 Å². The second kappa shape index (κ2) is 10.1. The molecule has 1 fully saturated rings. The number of benzene rings is 3. The van der Waals surface area contributed by atoms with Gasteiger partial charge in [0.2, 0.25) is 6.79 Å². The third-order valence-corrected chi connectivity index (χ3v) is 6.49. The number of para-hydroxylation sites is 1. The Morgan fingerprint density at radius 2 is 1.71 bits per heavy atom. The van der Waals surface area contributed by atoms with Crippen LogP contribution in [-0.4, -0.2) is 37.7 Å². The zero-order chi connectivity index (χ0) is 24.2. The number of hydrogen-bond acceptors (Lipinski definition) is 5. The number of hydrogen-bond donors (Lipinski definition) is 2. The Labute approximate surface area is 205 Å². The van der Waals surface area contributed by atoms with Gasteiger partial charge in [0.25, 0.3) is 11.8 Å². The molecular weight excluding hydrogens is 442 g/mol. The highest BCUT2D eigenvalue weighted by Gasteiger charge is 2.24. The van der Waals surface area contributed by atoms with Crippen molar-refractivity contribution < 1.29 is 19.1 Å². The first-order valence-electron chi connectivity index (χ1n) is 11.9. The number of anilines is 1. The van der Waals surface area contributed by atoms with E-state index in [1.54, 1.807) is 0 Å². The highest BCUT2D eigenvalue weighted by molar-refractivity contribution is 5.99. The number of aryl methyl sites for hydroxylation is 1. The van der Waals surface area contributed by atoms with Crippen LogP contribution in [0, 0.1) is 6.92 Å².